The molecule has 0 radical (unpaired) electrons. The van der Waals surface area contributed by atoms with Crippen molar-refractivity contribution in [1.29, 1.82) is 0 Å². The van der Waals surface area contributed by atoms with E-state index >= 15 is 0 Å². The van der Waals surface area contributed by atoms with E-state index in [0.29, 0.717) is 38.1 Å². The number of hydrogen-bond donors (Lipinski definition) is 0. The molecule has 1 fully saturated rings. The van der Waals surface area contributed by atoms with E-state index in [2.05, 4.69) is 4.98 Å². The number of fused-ring (bicyclic) bond motifs is 2. The van der Waals surface area contributed by atoms with Crippen LogP contribution in [0.5, 0.6) is 0 Å². The number of carbonyl (C=O) groups is 1. The number of hydrogen-bond acceptors (Lipinski definition) is 5. The highest BCUT2D eigenvalue weighted by Gasteiger charge is 2.26. The first-order valence-electron chi connectivity index (χ1n) is 10.4. The number of nitrogens with zero attached hydrogens (tertiary/aromatic N) is 3. The first-order valence-corrected chi connectivity index (χ1v) is 10.4. The van der Waals surface area contributed by atoms with Crippen molar-refractivity contribution in [2.75, 3.05) is 13.1 Å². The third-order valence-electron chi connectivity index (χ3n) is 5.85. The lowest BCUT2D eigenvalue weighted by atomic mass is 9.96. The lowest BCUT2D eigenvalue weighted by Crippen LogP contribution is -2.38. The van der Waals surface area contributed by atoms with E-state index in [-0.39, 0.29) is 17.6 Å². The molecule has 3 heterocycles. The Morgan fingerprint density at radius 2 is 1.73 bits per heavy atom. The minimum Gasteiger partial charge on any atom is -0.440 e. The van der Waals surface area contributed by atoms with E-state index in [1.807, 2.05) is 47.4 Å². The lowest BCUT2D eigenvalue weighted by Gasteiger charge is -2.30. The maximum absolute atomic E-state index is 12.6. The molecule has 30 heavy (non-hydrogen) atoms. The topological polar surface area (TPSA) is 81.5 Å². The summed E-state index contributed by atoms with van der Waals surface area (Å²) >= 11 is 0. The molecule has 0 atom stereocenters. The normalized spacial score (nSPS) is 15.3. The number of amides is 1. The van der Waals surface area contributed by atoms with Gasteiger partial charge in [0.25, 0.3) is 0 Å². The second-order valence-corrected chi connectivity index (χ2v) is 7.77. The Morgan fingerprint density at radius 3 is 2.53 bits per heavy atom. The van der Waals surface area contributed by atoms with Gasteiger partial charge < -0.3 is 13.7 Å². The average molecular weight is 405 g/mol. The molecular formula is C23H23N3O4. The molecule has 4 aromatic rings. The molecule has 1 saturated heterocycles. The Labute approximate surface area is 172 Å². The van der Waals surface area contributed by atoms with Crippen molar-refractivity contribution >= 4 is 28.1 Å². The van der Waals surface area contributed by atoms with Gasteiger partial charge in [-0.05, 0) is 43.5 Å². The van der Waals surface area contributed by atoms with Crippen LogP contribution in [0.15, 0.2) is 62.2 Å². The monoisotopic (exact) mass is 405 g/mol. The molecule has 5 rings (SSSR count). The predicted octanol–water partition coefficient (Wildman–Crippen LogP) is 3.92. The summed E-state index contributed by atoms with van der Waals surface area (Å²) in [6.45, 7) is 1.88. The standard InChI is InChI=1S/C23H23N3O4/c27-21(10-5-13-26-18-7-2-4-9-20(18)30-23(26)28)25-14-11-16(12-15-25)22-24-17-6-1-3-8-19(17)29-22/h1-4,6-9,16H,5,10-15H2. The summed E-state index contributed by atoms with van der Waals surface area (Å²) in [5.41, 5.74) is 3.05. The fourth-order valence-corrected chi connectivity index (χ4v) is 4.21. The zero-order valence-corrected chi connectivity index (χ0v) is 16.6. The summed E-state index contributed by atoms with van der Waals surface area (Å²) in [7, 11) is 0. The minimum atomic E-state index is -0.372. The number of oxazole rings is 2. The van der Waals surface area contributed by atoms with Crippen LogP contribution in [0.4, 0.5) is 0 Å². The van der Waals surface area contributed by atoms with Gasteiger partial charge in [-0.15, -0.1) is 0 Å². The minimum absolute atomic E-state index is 0.131. The van der Waals surface area contributed by atoms with Gasteiger partial charge in [0, 0.05) is 32.0 Å². The first-order chi connectivity index (χ1) is 14.7. The van der Waals surface area contributed by atoms with Gasteiger partial charge in [0.1, 0.15) is 5.52 Å². The number of benzene rings is 2. The molecule has 1 amide bonds. The van der Waals surface area contributed by atoms with E-state index < -0.39 is 0 Å². The molecule has 2 aromatic carbocycles. The van der Waals surface area contributed by atoms with E-state index in [0.717, 1.165) is 35.3 Å². The van der Waals surface area contributed by atoms with Crippen LogP contribution in [-0.2, 0) is 11.3 Å². The molecule has 1 aliphatic heterocycles. The van der Waals surface area contributed by atoms with Crippen molar-refractivity contribution < 1.29 is 13.6 Å². The Morgan fingerprint density at radius 1 is 1.00 bits per heavy atom. The number of aromatic nitrogens is 2. The molecule has 0 saturated carbocycles. The Balaban J connectivity index is 1.15. The van der Waals surface area contributed by atoms with Gasteiger partial charge >= 0.3 is 5.76 Å². The summed E-state index contributed by atoms with van der Waals surface area (Å²) in [4.78, 5) is 31.2. The van der Waals surface area contributed by atoms with Crippen molar-refractivity contribution in [2.24, 2.45) is 0 Å². The molecule has 2 aromatic heterocycles. The summed E-state index contributed by atoms with van der Waals surface area (Å²) < 4.78 is 12.7. The van der Waals surface area contributed by atoms with Gasteiger partial charge in [0.15, 0.2) is 17.1 Å². The highest BCUT2D eigenvalue weighted by molar-refractivity contribution is 5.76. The molecule has 154 valence electrons. The second-order valence-electron chi connectivity index (χ2n) is 7.77. The van der Waals surface area contributed by atoms with Crippen molar-refractivity contribution in [2.45, 2.75) is 38.1 Å². The van der Waals surface area contributed by atoms with Crippen molar-refractivity contribution in [1.82, 2.24) is 14.5 Å². The Kier molecular flexibility index (Phi) is 4.86. The van der Waals surface area contributed by atoms with E-state index in [1.54, 1.807) is 10.6 Å². The lowest BCUT2D eigenvalue weighted by molar-refractivity contribution is -0.132. The number of carbonyl (C=O) groups excluding carboxylic acids is 1. The third-order valence-corrected chi connectivity index (χ3v) is 5.85. The highest BCUT2D eigenvalue weighted by atomic mass is 16.4. The zero-order chi connectivity index (χ0) is 20.5. The number of likely N-dealkylation sites (tertiary alicyclic amines) is 1. The fraction of sp³-hybridized carbons (Fsp3) is 0.348. The quantitative estimate of drug-likeness (QED) is 0.503. The number of aryl methyl sites for hydroxylation is 1. The van der Waals surface area contributed by atoms with Crippen LogP contribution in [0.1, 0.15) is 37.5 Å². The smallest absolute Gasteiger partial charge is 0.419 e. The Hall–Kier alpha value is -3.35. The van der Waals surface area contributed by atoms with Crippen LogP contribution < -0.4 is 5.76 Å². The Bertz CT molecular complexity index is 1210. The second kappa shape index (κ2) is 7.82. The van der Waals surface area contributed by atoms with Crippen LogP contribution in [0.3, 0.4) is 0 Å². The molecular weight excluding hydrogens is 382 g/mol. The highest BCUT2D eigenvalue weighted by Crippen LogP contribution is 2.30. The summed E-state index contributed by atoms with van der Waals surface area (Å²) in [5.74, 6) is 0.779. The molecule has 7 heteroatoms. The molecule has 0 aliphatic carbocycles. The maximum atomic E-state index is 12.6. The van der Waals surface area contributed by atoms with Crippen LogP contribution in [0.2, 0.25) is 0 Å². The largest absolute Gasteiger partial charge is 0.440 e. The number of rotatable bonds is 5. The van der Waals surface area contributed by atoms with Crippen LogP contribution in [0.25, 0.3) is 22.2 Å². The van der Waals surface area contributed by atoms with Crippen molar-refractivity contribution in [3.8, 4) is 0 Å². The van der Waals surface area contributed by atoms with E-state index in [4.69, 9.17) is 8.83 Å². The van der Waals surface area contributed by atoms with Gasteiger partial charge in [0.05, 0.1) is 5.52 Å². The maximum Gasteiger partial charge on any atom is 0.419 e. The van der Waals surface area contributed by atoms with Crippen molar-refractivity contribution in [3.05, 3.63) is 65.0 Å². The van der Waals surface area contributed by atoms with Crippen LogP contribution in [-0.4, -0.2) is 33.4 Å². The van der Waals surface area contributed by atoms with Crippen LogP contribution >= 0.6 is 0 Å². The van der Waals surface area contributed by atoms with Gasteiger partial charge in [-0.25, -0.2) is 9.78 Å². The molecule has 7 nitrogen and oxygen atoms in total. The average Bonchev–Trinajstić information content (AvgIpc) is 3.35. The van der Waals surface area contributed by atoms with Gasteiger partial charge in [-0.3, -0.25) is 9.36 Å². The molecule has 0 N–H and O–H groups in total. The van der Waals surface area contributed by atoms with Crippen molar-refractivity contribution in [3.63, 3.8) is 0 Å². The SMILES string of the molecule is O=C(CCCn1c(=O)oc2ccccc21)N1CCC(c2nc3ccccc3o2)CC1. The van der Waals surface area contributed by atoms with E-state index in [9.17, 15) is 9.59 Å². The summed E-state index contributed by atoms with van der Waals surface area (Å²) in [6, 6.07) is 15.1. The molecule has 0 unspecified atom stereocenters. The number of para-hydroxylation sites is 4. The van der Waals surface area contributed by atoms with Crippen LogP contribution in [0, 0.1) is 0 Å². The third kappa shape index (κ3) is 3.51. The number of piperidine rings is 1. The zero-order valence-electron chi connectivity index (χ0n) is 16.6. The first kappa shape index (κ1) is 18.7. The molecule has 0 bridgehead atoms. The van der Waals surface area contributed by atoms with Gasteiger partial charge in [-0.1, -0.05) is 24.3 Å². The fourth-order valence-electron chi connectivity index (χ4n) is 4.21. The van der Waals surface area contributed by atoms with Gasteiger partial charge in [0.2, 0.25) is 5.91 Å². The molecule has 0 spiro atoms. The predicted molar refractivity (Wildman–Crippen MR) is 112 cm³/mol. The molecule has 1 aliphatic rings. The summed E-state index contributed by atoms with van der Waals surface area (Å²) in [5, 5.41) is 0. The summed E-state index contributed by atoms with van der Waals surface area (Å²) in [6.07, 6.45) is 2.72. The van der Waals surface area contributed by atoms with E-state index in [1.165, 1.54) is 0 Å². The van der Waals surface area contributed by atoms with Gasteiger partial charge in [-0.2, -0.15) is 0 Å².